The first kappa shape index (κ1) is 10.8. The second-order valence-electron chi connectivity index (χ2n) is 3.67. The van der Waals surface area contributed by atoms with Gasteiger partial charge in [0.15, 0.2) is 0 Å². The van der Waals surface area contributed by atoms with E-state index >= 15 is 0 Å². The minimum atomic E-state index is 0.517. The molecule has 80 valence electrons. The highest BCUT2D eigenvalue weighted by atomic mass is 32.1. The van der Waals surface area contributed by atoms with Crippen molar-refractivity contribution in [2.24, 2.45) is 11.7 Å². The van der Waals surface area contributed by atoms with Crippen LogP contribution in [0.15, 0.2) is 22.9 Å². The highest BCUT2D eigenvalue weighted by Gasteiger charge is 2.07. The normalized spacial score (nSPS) is 12.9. The monoisotopic (exact) mass is 238 g/mol. The van der Waals surface area contributed by atoms with E-state index in [1.165, 1.54) is 10.6 Å². The van der Waals surface area contributed by atoms with Crippen LogP contribution in [0.4, 0.5) is 0 Å². The first-order valence-corrected chi connectivity index (χ1v) is 6.74. The third-order valence-electron chi connectivity index (χ3n) is 2.24. The lowest BCUT2D eigenvalue weighted by atomic mass is 10.1. The average Bonchev–Trinajstić information content (AvgIpc) is 2.85. The van der Waals surface area contributed by atoms with Gasteiger partial charge in [-0.1, -0.05) is 13.0 Å². The van der Waals surface area contributed by atoms with Gasteiger partial charge in [-0.3, -0.25) is 0 Å². The van der Waals surface area contributed by atoms with Crippen LogP contribution in [0.1, 0.15) is 12.6 Å². The van der Waals surface area contributed by atoms with Crippen LogP contribution < -0.4 is 5.73 Å². The van der Waals surface area contributed by atoms with Gasteiger partial charge in [0.2, 0.25) is 0 Å². The van der Waals surface area contributed by atoms with Crippen molar-refractivity contribution < 1.29 is 0 Å². The molecule has 0 radical (unpaired) electrons. The molecule has 0 aliphatic heterocycles. The van der Waals surface area contributed by atoms with Crippen molar-refractivity contribution in [3.63, 3.8) is 0 Å². The van der Waals surface area contributed by atoms with E-state index in [9.17, 15) is 0 Å². The van der Waals surface area contributed by atoms with E-state index in [4.69, 9.17) is 5.73 Å². The van der Waals surface area contributed by atoms with E-state index in [0.717, 1.165) is 18.0 Å². The lowest BCUT2D eigenvalue weighted by Crippen LogP contribution is -2.13. The van der Waals surface area contributed by atoms with Crippen LogP contribution in [0, 0.1) is 5.92 Å². The van der Waals surface area contributed by atoms with Gasteiger partial charge < -0.3 is 5.73 Å². The number of thiophene rings is 1. The maximum absolute atomic E-state index is 5.60. The molecule has 0 spiro atoms. The van der Waals surface area contributed by atoms with Crippen LogP contribution in [-0.4, -0.2) is 11.5 Å². The largest absolute Gasteiger partial charge is 0.330 e. The Balaban J connectivity index is 2.11. The van der Waals surface area contributed by atoms with E-state index in [0.29, 0.717) is 5.92 Å². The zero-order valence-electron chi connectivity index (χ0n) is 8.64. The molecule has 2 aromatic heterocycles. The molecule has 0 bridgehead atoms. The molecule has 2 aromatic rings. The first-order chi connectivity index (χ1) is 7.29. The Morgan fingerprint density at radius 1 is 1.47 bits per heavy atom. The van der Waals surface area contributed by atoms with Gasteiger partial charge in [0.1, 0.15) is 5.01 Å². The van der Waals surface area contributed by atoms with Crippen LogP contribution in [0.25, 0.3) is 9.88 Å². The minimum Gasteiger partial charge on any atom is -0.330 e. The molecule has 2 heterocycles. The lowest BCUT2D eigenvalue weighted by Gasteiger charge is -2.03. The number of hydrogen-bond donors (Lipinski definition) is 1. The third kappa shape index (κ3) is 2.65. The topological polar surface area (TPSA) is 38.9 Å². The van der Waals surface area contributed by atoms with E-state index in [-0.39, 0.29) is 0 Å². The quantitative estimate of drug-likeness (QED) is 0.889. The summed E-state index contributed by atoms with van der Waals surface area (Å²) in [5.74, 6) is 0.517. The zero-order valence-corrected chi connectivity index (χ0v) is 10.3. The Hall–Kier alpha value is -0.710. The van der Waals surface area contributed by atoms with E-state index < -0.39 is 0 Å². The minimum absolute atomic E-state index is 0.517. The summed E-state index contributed by atoms with van der Waals surface area (Å²) in [6.07, 6.45) is 0.984. The molecular formula is C11H14N2S2. The summed E-state index contributed by atoms with van der Waals surface area (Å²) in [6.45, 7) is 2.88. The Morgan fingerprint density at radius 2 is 2.33 bits per heavy atom. The van der Waals surface area contributed by atoms with Crippen molar-refractivity contribution in [1.82, 2.24) is 4.98 Å². The van der Waals surface area contributed by atoms with Gasteiger partial charge in [-0.25, -0.2) is 4.98 Å². The van der Waals surface area contributed by atoms with E-state index in [2.05, 4.69) is 34.8 Å². The molecular weight excluding hydrogens is 224 g/mol. The van der Waals surface area contributed by atoms with Crippen LogP contribution in [0.3, 0.4) is 0 Å². The second kappa shape index (κ2) is 4.88. The van der Waals surface area contributed by atoms with Gasteiger partial charge >= 0.3 is 0 Å². The molecule has 4 heteroatoms. The second-order valence-corrected chi connectivity index (χ2v) is 5.47. The van der Waals surface area contributed by atoms with E-state index in [1.807, 2.05) is 0 Å². The number of aromatic nitrogens is 1. The molecule has 0 aliphatic carbocycles. The van der Waals surface area contributed by atoms with Crippen LogP contribution in [0.2, 0.25) is 0 Å². The van der Waals surface area contributed by atoms with E-state index in [1.54, 1.807) is 22.7 Å². The molecule has 15 heavy (non-hydrogen) atoms. The van der Waals surface area contributed by atoms with Gasteiger partial charge in [-0.2, -0.15) is 0 Å². The zero-order chi connectivity index (χ0) is 10.7. The van der Waals surface area contributed by atoms with Gasteiger partial charge in [-0.15, -0.1) is 22.7 Å². The van der Waals surface area contributed by atoms with Gasteiger partial charge in [0.05, 0.1) is 10.6 Å². The first-order valence-electron chi connectivity index (χ1n) is 4.98. The summed E-state index contributed by atoms with van der Waals surface area (Å²) in [5.41, 5.74) is 6.77. The van der Waals surface area contributed by atoms with Crippen molar-refractivity contribution in [2.75, 3.05) is 6.54 Å². The van der Waals surface area contributed by atoms with Crippen molar-refractivity contribution in [1.29, 1.82) is 0 Å². The highest BCUT2D eigenvalue weighted by molar-refractivity contribution is 7.20. The molecule has 0 amide bonds. The molecule has 0 aromatic carbocycles. The Labute approximate surface area is 97.8 Å². The lowest BCUT2D eigenvalue weighted by molar-refractivity contribution is 0.586. The van der Waals surface area contributed by atoms with Gasteiger partial charge in [0.25, 0.3) is 0 Å². The third-order valence-corrected chi connectivity index (χ3v) is 4.17. The average molecular weight is 238 g/mol. The predicted octanol–water partition coefficient (Wildman–Crippen LogP) is 3.01. The molecule has 1 atom stereocenters. The maximum atomic E-state index is 5.60. The summed E-state index contributed by atoms with van der Waals surface area (Å²) >= 11 is 3.46. The fourth-order valence-corrected chi connectivity index (χ4v) is 3.00. The summed E-state index contributed by atoms with van der Waals surface area (Å²) in [5, 5.41) is 5.35. The molecule has 2 N–H and O–H groups in total. The fraction of sp³-hybridized carbons (Fsp3) is 0.364. The molecule has 0 saturated carbocycles. The summed E-state index contributed by atoms with van der Waals surface area (Å²) in [4.78, 5) is 5.87. The summed E-state index contributed by atoms with van der Waals surface area (Å²) in [6, 6.07) is 4.17. The van der Waals surface area contributed by atoms with Crippen molar-refractivity contribution >= 4 is 22.7 Å². The van der Waals surface area contributed by atoms with Crippen molar-refractivity contribution in [3.8, 4) is 9.88 Å². The standard InChI is InChI=1S/C11H14N2S2/c1-8(6-12)5-9-7-15-11(13-9)10-3-2-4-14-10/h2-4,7-8H,5-6,12H2,1H3. The van der Waals surface area contributed by atoms with Crippen LogP contribution >= 0.6 is 22.7 Å². The Bertz CT molecular complexity index is 406. The van der Waals surface area contributed by atoms with Gasteiger partial charge in [-0.05, 0) is 30.3 Å². The number of nitrogens with zero attached hydrogens (tertiary/aromatic N) is 1. The Morgan fingerprint density at radius 3 is 3.00 bits per heavy atom. The number of thiazole rings is 1. The number of hydrogen-bond acceptors (Lipinski definition) is 4. The van der Waals surface area contributed by atoms with Crippen molar-refractivity contribution in [2.45, 2.75) is 13.3 Å². The SMILES string of the molecule is CC(CN)Cc1csc(-c2cccs2)n1. The number of rotatable bonds is 4. The van der Waals surface area contributed by atoms with Crippen LogP contribution in [-0.2, 0) is 6.42 Å². The highest BCUT2D eigenvalue weighted by Crippen LogP contribution is 2.28. The molecule has 0 aliphatic rings. The maximum Gasteiger partial charge on any atom is 0.133 e. The van der Waals surface area contributed by atoms with Gasteiger partial charge in [0, 0.05) is 5.38 Å². The molecule has 0 fully saturated rings. The molecule has 2 rings (SSSR count). The van der Waals surface area contributed by atoms with Crippen molar-refractivity contribution in [3.05, 3.63) is 28.6 Å². The predicted molar refractivity (Wildman–Crippen MR) is 67.3 cm³/mol. The number of nitrogens with two attached hydrogens (primary N) is 1. The summed E-state index contributed by atoms with van der Waals surface area (Å²) in [7, 11) is 0. The molecule has 0 saturated heterocycles. The Kier molecular flexibility index (Phi) is 3.51. The smallest absolute Gasteiger partial charge is 0.133 e. The summed E-state index contributed by atoms with van der Waals surface area (Å²) < 4.78 is 0. The molecule has 1 unspecified atom stereocenters. The molecule has 2 nitrogen and oxygen atoms in total. The fourth-order valence-electron chi connectivity index (χ4n) is 1.35. The van der Waals surface area contributed by atoms with Crippen LogP contribution in [0.5, 0.6) is 0 Å².